The number of amides is 1. The van der Waals surface area contributed by atoms with Gasteiger partial charge in [-0.05, 0) is 72.9 Å². The van der Waals surface area contributed by atoms with Crippen molar-refractivity contribution in [1.29, 1.82) is 0 Å². The van der Waals surface area contributed by atoms with Crippen molar-refractivity contribution in [2.24, 2.45) is 0 Å². The second-order valence-electron chi connectivity index (χ2n) is 7.61. The van der Waals surface area contributed by atoms with E-state index in [9.17, 15) is 17.6 Å². The molecule has 0 aliphatic heterocycles. The largest absolute Gasteiger partial charge is 0.495 e. The predicted molar refractivity (Wildman–Crippen MR) is 121 cm³/mol. The Balaban J connectivity index is 1.57. The van der Waals surface area contributed by atoms with Crippen LogP contribution in [-0.2, 0) is 21.2 Å². The molecule has 2 N–H and O–H groups in total. The highest BCUT2D eigenvalue weighted by Gasteiger charge is 2.26. The molecular formula is C24H23FN2O4S. The van der Waals surface area contributed by atoms with Gasteiger partial charge in [0.2, 0.25) is 5.91 Å². The summed E-state index contributed by atoms with van der Waals surface area (Å²) in [5.41, 5.74) is 2.82. The number of carbonyl (C=O) groups is 1. The van der Waals surface area contributed by atoms with Crippen molar-refractivity contribution in [3.05, 3.63) is 83.7 Å². The van der Waals surface area contributed by atoms with E-state index in [0.717, 1.165) is 37.0 Å². The number of nitrogens with one attached hydrogen (secondary N) is 2. The molecule has 1 aliphatic carbocycles. The molecule has 0 bridgehead atoms. The van der Waals surface area contributed by atoms with Gasteiger partial charge < -0.3 is 10.1 Å². The zero-order valence-corrected chi connectivity index (χ0v) is 18.3. The van der Waals surface area contributed by atoms with E-state index >= 15 is 0 Å². The summed E-state index contributed by atoms with van der Waals surface area (Å²) < 4.78 is 46.3. The smallest absolute Gasteiger partial charge is 0.262 e. The molecule has 6 nitrogen and oxygen atoms in total. The maximum absolute atomic E-state index is 13.2. The van der Waals surface area contributed by atoms with Crippen LogP contribution >= 0.6 is 0 Å². The molecule has 1 aliphatic rings. The Morgan fingerprint density at radius 2 is 1.81 bits per heavy atom. The molecule has 1 atom stereocenters. The minimum Gasteiger partial charge on any atom is -0.495 e. The first-order chi connectivity index (χ1) is 15.4. The van der Waals surface area contributed by atoms with E-state index < -0.39 is 15.8 Å². The molecule has 0 spiro atoms. The summed E-state index contributed by atoms with van der Waals surface area (Å²) in [6.07, 6.45) is 2.64. The molecule has 1 amide bonds. The normalized spacial score (nSPS) is 15.5. The lowest BCUT2D eigenvalue weighted by molar-refractivity contribution is -0.117. The fraction of sp³-hybridized carbons (Fsp3) is 0.208. The van der Waals surface area contributed by atoms with Gasteiger partial charge in [-0.15, -0.1) is 0 Å². The Kier molecular flexibility index (Phi) is 6.14. The van der Waals surface area contributed by atoms with Gasteiger partial charge in [0.1, 0.15) is 11.6 Å². The van der Waals surface area contributed by atoms with Crippen LogP contribution in [0.2, 0.25) is 0 Å². The number of sulfonamides is 1. The molecule has 1 unspecified atom stereocenters. The minimum absolute atomic E-state index is 0.0887. The van der Waals surface area contributed by atoms with Crippen molar-refractivity contribution in [3.63, 3.8) is 0 Å². The Morgan fingerprint density at radius 1 is 1.06 bits per heavy atom. The Morgan fingerprint density at radius 3 is 2.56 bits per heavy atom. The fourth-order valence-electron chi connectivity index (χ4n) is 3.94. The first kappa shape index (κ1) is 21.8. The van der Waals surface area contributed by atoms with Gasteiger partial charge in [-0.3, -0.25) is 9.52 Å². The molecule has 3 aromatic rings. The van der Waals surface area contributed by atoms with Gasteiger partial charge >= 0.3 is 0 Å². The van der Waals surface area contributed by atoms with E-state index in [-0.39, 0.29) is 28.2 Å². The quantitative estimate of drug-likeness (QED) is 0.566. The van der Waals surface area contributed by atoms with Crippen LogP contribution in [0.3, 0.4) is 0 Å². The average Bonchev–Trinajstić information content (AvgIpc) is 2.79. The topological polar surface area (TPSA) is 84.5 Å². The first-order valence-corrected chi connectivity index (χ1v) is 11.7. The SMILES string of the molecule is COc1ccc(NC(=O)C2CCCc3ccccc32)cc1NS(=O)(=O)c1ccc(F)cc1. The zero-order valence-electron chi connectivity index (χ0n) is 17.5. The molecule has 0 aromatic heterocycles. The molecule has 0 heterocycles. The molecule has 8 heteroatoms. The van der Waals surface area contributed by atoms with Crippen molar-refractivity contribution in [3.8, 4) is 5.75 Å². The van der Waals surface area contributed by atoms with Crippen molar-refractivity contribution in [1.82, 2.24) is 0 Å². The van der Waals surface area contributed by atoms with Gasteiger partial charge in [-0.2, -0.15) is 0 Å². The fourth-order valence-corrected chi connectivity index (χ4v) is 5.00. The molecule has 0 fully saturated rings. The first-order valence-electron chi connectivity index (χ1n) is 10.2. The zero-order chi connectivity index (χ0) is 22.7. The van der Waals surface area contributed by atoms with Crippen LogP contribution < -0.4 is 14.8 Å². The standard InChI is InChI=1S/C24H23FN2O4S/c1-31-23-14-11-18(15-22(23)27-32(29,30)19-12-9-17(25)10-13-19)26-24(28)21-8-4-6-16-5-2-3-7-20(16)21/h2-3,5,7,9-15,21,27H,4,6,8H2,1H3,(H,26,28). The van der Waals surface area contributed by atoms with E-state index in [1.54, 1.807) is 12.1 Å². The van der Waals surface area contributed by atoms with E-state index in [1.165, 1.54) is 30.9 Å². The molecule has 0 radical (unpaired) electrons. The summed E-state index contributed by atoms with van der Waals surface area (Å²) in [5, 5.41) is 2.90. The van der Waals surface area contributed by atoms with Crippen LogP contribution in [-0.4, -0.2) is 21.4 Å². The number of methoxy groups -OCH3 is 1. The van der Waals surface area contributed by atoms with Crippen molar-refractivity contribution in [2.45, 2.75) is 30.1 Å². The molecule has 0 saturated heterocycles. The number of fused-ring (bicyclic) bond motifs is 1. The summed E-state index contributed by atoms with van der Waals surface area (Å²) >= 11 is 0. The molecule has 4 rings (SSSR count). The van der Waals surface area contributed by atoms with Gasteiger partial charge in [-0.25, -0.2) is 12.8 Å². The second-order valence-corrected chi connectivity index (χ2v) is 9.29. The number of ether oxygens (including phenoxy) is 1. The van der Waals surface area contributed by atoms with Crippen LogP contribution in [0, 0.1) is 5.82 Å². The van der Waals surface area contributed by atoms with Crippen LogP contribution in [0.4, 0.5) is 15.8 Å². The molecule has 166 valence electrons. The number of rotatable bonds is 6. The summed E-state index contributed by atoms with van der Waals surface area (Å²) in [7, 11) is -2.56. The van der Waals surface area contributed by atoms with Crippen LogP contribution in [0.15, 0.2) is 71.6 Å². The van der Waals surface area contributed by atoms with Gasteiger partial charge in [0.15, 0.2) is 0 Å². The summed E-state index contributed by atoms with van der Waals surface area (Å²) in [5.74, 6) is -0.650. The second kappa shape index (κ2) is 9.00. The number of carbonyl (C=O) groups excluding carboxylic acids is 1. The molecule has 32 heavy (non-hydrogen) atoms. The van der Waals surface area contributed by atoms with Gasteiger partial charge in [0.25, 0.3) is 10.0 Å². The van der Waals surface area contributed by atoms with Gasteiger partial charge in [-0.1, -0.05) is 24.3 Å². The number of halogens is 1. The Labute approximate surface area is 186 Å². The highest BCUT2D eigenvalue weighted by Crippen LogP contribution is 2.34. The van der Waals surface area contributed by atoms with Crippen molar-refractivity contribution >= 4 is 27.3 Å². The number of aryl methyl sites for hydroxylation is 1. The highest BCUT2D eigenvalue weighted by molar-refractivity contribution is 7.92. The van der Waals surface area contributed by atoms with E-state index in [0.29, 0.717) is 5.69 Å². The Bertz CT molecular complexity index is 1240. The number of hydrogen-bond donors (Lipinski definition) is 2. The average molecular weight is 455 g/mol. The predicted octanol–water partition coefficient (Wildman–Crippen LogP) is 4.69. The Hall–Kier alpha value is -3.39. The van der Waals surface area contributed by atoms with E-state index in [1.807, 2.05) is 24.3 Å². The molecular weight excluding hydrogens is 431 g/mol. The summed E-state index contributed by atoms with van der Waals surface area (Å²) in [6.45, 7) is 0. The maximum atomic E-state index is 13.2. The highest BCUT2D eigenvalue weighted by atomic mass is 32.2. The van der Waals surface area contributed by atoms with Crippen molar-refractivity contribution < 1.29 is 22.3 Å². The lowest BCUT2D eigenvalue weighted by Gasteiger charge is -2.24. The van der Waals surface area contributed by atoms with E-state index in [4.69, 9.17) is 4.74 Å². The monoisotopic (exact) mass is 454 g/mol. The van der Waals surface area contributed by atoms with Crippen LogP contribution in [0.1, 0.15) is 29.9 Å². The third-order valence-corrected chi connectivity index (χ3v) is 6.90. The van der Waals surface area contributed by atoms with Crippen LogP contribution in [0.5, 0.6) is 5.75 Å². The van der Waals surface area contributed by atoms with E-state index in [2.05, 4.69) is 10.0 Å². The number of anilines is 2. The minimum atomic E-state index is -3.98. The molecule has 0 saturated carbocycles. The van der Waals surface area contributed by atoms with Gasteiger partial charge in [0, 0.05) is 5.69 Å². The van der Waals surface area contributed by atoms with Crippen LogP contribution in [0.25, 0.3) is 0 Å². The number of benzene rings is 3. The lowest BCUT2D eigenvalue weighted by atomic mass is 9.82. The number of hydrogen-bond acceptors (Lipinski definition) is 4. The summed E-state index contributed by atoms with van der Waals surface area (Å²) in [4.78, 5) is 12.9. The van der Waals surface area contributed by atoms with Crippen molar-refractivity contribution in [2.75, 3.05) is 17.1 Å². The summed E-state index contributed by atoms with van der Waals surface area (Å²) in [6, 6.07) is 17.2. The lowest BCUT2D eigenvalue weighted by Crippen LogP contribution is -2.24. The molecule has 3 aromatic carbocycles. The van der Waals surface area contributed by atoms with Gasteiger partial charge in [0.05, 0.1) is 23.6 Å². The third kappa shape index (κ3) is 4.60. The maximum Gasteiger partial charge on any atom is 0.262 e. The third-order valence-electron chi connectivity index (χ3n) is 5.52.